The molecule has 33 heavy (non-hydrogen) atoms. The van der Waals surface area contributed by atoms with Gasteiger partial charge in [0.25, 0.3) is 17.5 Å². The monoisotopic (exact) mass is 453 g/mol. The van der Waals surface area contributed by atoms with Crippen molar-refractivity contribution in [2.24, 2.45) is 0 Å². The molecule has 0 aliphatic carbocycles. The summed E-state index contributed by atoms with van der Waals surface area (Å²) in [5, 5.41) is 17.2. The summed E-state index contributed by atoms with van der Waals surface area (Å²) in [5.41, 5.74) is 1.19. The van der Waals surface area contributed by atoms with E-state index in [1.54, 1.807) is 35.2 Å². The Kier molecular flexibility index (Phi) is 7.60. The van der Waals surface area contributed by atoms with Crippen LogP contribution in [0, 0.1) is 10.1 Å². The van der Waals surface area contributed by atoms with Crippen LogP contribution in [0.15, 0.2) is 42.5 Å². The molecule has 0 saturated carbocycles. The van der Waals surface area contributed by atoms with Crippen molar-refractivity contribution in [3.05, 3.63) is 63.7 Å². The fourth-order valence-corrected chi connectivity index (χ4v) is 3.62. The average molecular weight is 453 g/mol. The van der Waals surface area contributed by atoms with Crippen LogP contribution in [0.2, 0.25) is 0 Å². The van der Waals surface area contributed by atoms with E-state index in [4.69, 9.17) is 0 Å². The number of rotatable bonds is 7. The molecule has 1 fully saturated rings. The molecule has 1 aliphatic rings. The van der Waals surface area contributed by atoms with Gasteiger partial charge < -0.3 is 20.4 Å². The lowest BCUT2D eigenvalue weighted by Crippen LogP contribution is -2.48. The van der Waals surface area contributed by atoms with Gasteiger partial charge in [0.15, 0.2) is 0 Å². The SMILES string of the molecule is CCCNC(=O)c1cccc(NC(=O)c2ccc(N3CCN(C(C)=O)CC3)c([N+](=O)[O-])c2)c1. The van der Waals surface area contributed by atoms with Gasteiger partial charge in [-0.15, -0.1) is 0 Å². The van der Waals surface area contributed by atoms with Crippen LogP contribution in [-0.4, -0.2) is 60.3 Å². The Hall–Kier alpha value is -3.95. The number of piperazine rings is 1. The molecular formula is C23H27N5O5. The molecule has 3 rings (SSSR count). The van der Waals surface area contributed by atoms with Gasteiger partial charge >= 0.3 is 0 Å². The van der Waals surface area contributed by atoms with E-state index < -0.39 is 10.8 Å². The highest BCUT2D eigenvalue weighted by molar-refractivity contribution is 6.06. The highest BCUT2D eigenvalue weighted by Gasteiger charge is 2.26. The van der Waals surface area contributed by atoms with Crippen LogP contribution >= 0.6 is 0 Å². The number of benzene rings is 2. The molecule has 0 unspecified atom stereocenters. The Balaban J connectivity index is 1.75. The molecule has 0 bridgehead atoms. The van der Waals surface area contributed by atoms with Gasteiger partial charge in [-0.2, -0.15) is 0 Å². The van der Waals surface area contributed by atoms with Crippen molar-refractivity contribution in [1.82, 2.24) is 10.2 Å². The second kappa shape index (κ2) is 10.6. The Labute approximate surface area is 191 Å². The zero-order valence-corrected chi connectivity index (χ0v) is 18.7. The molecule has 0 aromatic heterocycles. The minimum atomic E-state index is -0.517. The van der Waals surface area contributed by atoms with Gasteiger partial charge in [-0.1, -0.05) is 13.0 Å². The van der Waals surface area contributed by atoms with E-state index in [2.05, 4.69) is 10.6 Å². The molecular weight excluding hydrogens is 426 g/mol. The lowest BCUT2D eigenvalue weighted by atomic mass is 10.1. The predicted molar refractivity (Wildman–Crippen MR) is 125 cm³/mol. The van der Waals surface area contributed by atoms with Crippen LogP contribution in [-0.2, 0) is 4.79 Å². The van der Waals surface area contributed by atoms with Gasteiger partial charge in [0.1, 0.15) is 5.69 Å². The molecule has 0 radical (unpaired) electrons. The van der Waals surface area contributed by atoms with Crippen LogP contribution in [0.4, 0.5) is 17.1 Å². The van der Waals surface area contributed by atoms with E-state index in [9.17, 15) is 24.5 Å². The topological polar surface area (TPSA) is 125 Å². The number of anilines is 2. The summed E-state index contributed by atoms with van der Waals surface area (Å²) in [7, 11) is 0. The largest absolute Gasteiger partial charge is 0.362 e. The third-order valence-electron chi connectivity index (χ3n) is 5.42. The molecule has 1 saturated heterocycles. The number of carbonyl (C=O) groups excluding carboxylic acids is 3. The van der Waals surface area contributed by atoms with Gasteiger partial charge in [0.2, 0.25) is 5.91 Å². The summed E-state index contributed by atoms with van der Waals surface area (Å²) in [6, 6.07) is 10.8. The van der Waals surface area contributed by atoms with Crippen molar-refractivity contribution >= 4 is 34.8 Å². The van der Waals surface area contributed by atoms with Crippen LogP contribution in [0.3, 0.4) is 0 Å². The first-order chi connectivity index (χ1) is 15.8. The number of nitrogens with zero attached hydrogens (tertiary/aromatic N) is 3. The molecule has 1 heterocycles. The zero-order valence-electron chi connectivity index (χ0n) is 18.7. The van der Waals surface area contributed by atoms with Crippen molar-refractivity contribution in [1.29, 1.82) is 0 Å². The zero-order chi connectivity index (χ0) is 24.0. The molecule has 1 aliphatic heterocycles. The number of carbonyl (C=O) groups is 3. The lowest BCUT2D eigenvalue weighted by molar-refractivity contribution is -0.384. The maximum Gasteiger partial charge on any atom is 0.293 e. The Morgan fingerprint density at radius 3 is 2.33 bits per heavy atom. The molecule has 3 amide bonds. The van der Waals surface area contributed by atoms with Crippen LogP contribution in [0.25, 0.3) is 0 Å². The maximum atomic E-state index is 12.8. The van der Waals surface area contributed by atoms with Crippen molar-refractivity contribution in [3.63, 3.8) is 0 Å². The molecule has 10 heteroatoms. The smallest absolute Gasteiger partial charge is 0.293 e. The second-order valence-electron chi connectivity index (χ2n) is 7.74. The van der Waals surface area contributed by atoms with Gasteiger partial charge in [-0.3, -0.25) is 24.5 Å². The number of nitro benzene ring substituents is 1. The molecule has 2 aromatic rings. The first-order valence-corrected chi connectivity index (χ1v) is 10.8. The van der Waals surface area contributed by atoms with Crippen LogP contribution < -0.4 is 15.5 Å². The summed E-state index contributed by atoms with van der Waals surface area (Å²) < 4.78 is 0. The average Bonchev–Trinajstić information content (AvgIpc) is 2.82. The van der Waals surface area contributed by atoms with Crippen molar-refractivity contribution in [2.75, 3.05) is 42.9 Å². The highest BCUT2D eigenvalue weighted by atomic mass is 16.6. The van der Waals surface area contributed by atoms with Gasteiger partial charge in [-0.05, 0) is 36.8 Å². The number of hydrogen-bond acceptors (Lipinski definition) is 6. The van der Waals surface area contributed by atoms with Crippen molar-refractivity contribution in [3.8, 4) is 0 Å². The molecule has 10 nitrogen and oxygen atoms in total. The second-order valence-corrected chi connectivity index (χ2v) is 7.74. The molecule has 0 spiro atoms. The van der Waals surface area contributed by atoms with Crippen LogP contribution in [0.1, 0.15) is 41.0 Å². The molecule has 174 valence electrons. The minimum absolute atomic E-state index is 0.0249. The summed E-state index contributed by atoms with van der Waals surface area (Å²) in [5.74, 6) is -0.780. The fourth-order valence-electron chi connectivity index (χ4n) is 3.62. The molecule has 0 atom stereocenters. The standard InChI is InChI=1S/C23H27N5O5/c1-3-9-24-22(30)17-5-4-6-19(14-17)25-23(31)18-7-8-20(21(15-18)28(32)33)27-12-10-26(11-13-27)16(2)29/h4-8,14-15H,3,9-13H2,1-2H3,(H,24,30)(H,25,31). The van der Waals surface area contributed by atoms with Crippen LogP contribution in [0.5, 0.6) is 0 Å². The van der Waals surface area contributed by atoms with E-state index in [0.29, 0.717) is 49.7 Å². The summed E-state index contributed by atoms with van der Waals surface area (Å²) >= 11 is 0. The molecule has 2 N–H and O–H groups in total. The third kappa shape index (κ3) is 5.85. The van der Waals surface area contributed by atoms with E-state index in [1.165, 1.54) is 19.1 Å². The number of nitrogens with one attached hydrogen (secondary N) is 2. The van der Waals surface area contributed by atoms with E-state index in [0.717, 1.165) is 6.42 Å². The van der Waals surface area contributed by atoms with Crippen molar-refractivity contribution in [2.45, 2.75) is 20.3 Å². The lowest BCUT2D eigenvalue weighted by Gasteiger charge is -2.35. The highest BCUT2D eigenvalue weighted by Crippen LogP contribution is 2.30. The van der Waals surface area contributed by atoms with Gasteiger partial charge in [-0.25, -0.2) is 0 Å². The first kappa shape index (κ1) is 23.7. The quantitative estimate of drug-likeness (QED) is 0.491. The summed E-state index contributed by atoms with van der Waals surface area (Å²) in [6.45, 7) is 5.91. The fraction of sp³-hybridized carbons (Fsp3) is 0.348. The Morgan fingerprint density at radius 1 is 1.00 bits per heavy atom. The maximum absolute atomic E-state index is 12.8. The number of nitro groups is 1. The first-order valence-electron chi connectivity index (χ1n) is 10.8. The van der Waals surface area contributed by atoms with Gasteiger partial charge in [0, 0.05) is 62.5 Å². The van der Waals surface area contributed by atoms with E-state index >= 15 is 0 Å². The molecule has 2 aromatic carbocycles. The van der Waals surface area contributed by atoms with Crippen molar-refractivity contribution < 1.29 is 19.3 Å². The van der Waals surface area contributed by atoms with E-state index in [-0.39, 0.29) is 23.1 Å². The predicted octanol–water partition coefficient (Wildman–Crippen LogP) is 2.66. The van der Waals surface area contributed by atoms with Gasteiger partial charge in [0.05, 0.1) is 4.92 Å². The minimum Gasteiger partial charge on any atom is -0.362 e. The Bertz CT molecular complexity index is 1060. The Morgan fingerprint density at radius 2 is 1.70 bits per heavy atom. The number of amides is 3. The summed E-state index contributed by atoms with van der Waals surface area (Å²) in [4.78, 5) is 51.2. The third-order valence-corrected chi connectivity index (χ3v) is 5.42. The summed E-state index contributed by atoms with van der Waals surface area (Å²) in [6.07, 6.45) is 0.809. The number of hydrogen-bond donors (Lipinski definition) is 2. The normalized spacial score (nSPS) is 13.4. The van der Waals surface area contributed by atoms with E-state index in [1.807, 2.05) is 11.8 Å².